The third-order valence-corrected chi connectivity index (χ3v) is 3.98. The largest absolute Gasteiger partial charge is 0.465 e. The second-order valence-electron chi connectivity index (χ2n) is 5.98. The first-order chi connectivity index (χ1) is 12.6. The molecule has 7 nitrogen and oxygen atoms in total. The zero-order chi connectivity index (χ0) is 18.5. The molecule has 3 rings (SSSR count). The van der Waals surface area contributed by atoms with E-state index in [1.807, 2.05) is 25.4 Å². The summed E-state index contributed by atoms with van der Waals surface area (Å²) in [6, 6.07) is 8.30. The van der Waals surface area contributed by atoms with Crippen LogP contribution in [0.5, 0.6) is 0 Å². The zero-order valence-corrected chi connectivity index (χ0v) is 14.7. The third-order valence-electron chi connectivity index (χ3n) is 3.98. The van der Waals surface area contributed by atoms with Crippen molar-refractivity contribution in [3.8, 4) is 0 Å². The zero-order valence-electron chi connectivity index (χ0n) is 14.7. The van der Waals surface area contributed by atoms with Crippen LogP contribution in [0.4, 0.5) is 0 Å². The van der Waals surface area contributed by atoms with Crippen molar-refractivity contribution in [2.45, 2.75) is 19.8 Å². The number of amides is 1. The lowest BCUT2D eigenvalue weighted by molar-refractivity contribution is 0.0600. The first-order valence-corrected chi connectivity index (χ1v) is 8.34. The molecule has 1 aromatic carbocycles. The van der Waals surface area contributed by atoms with Gasteiger partial charge in [0, 0.05) is 30.6 Å². The van der Waals surface area contributed by atoms with Crippen molar-refractivity contribution in [1.29, 1.82) is 0 Å². The fourth-order valence-corrected chi connectivity index (χ4v) is 2.64. The summed E-state index contributed by atoms with van der Waals surface area (Å²) in [5.41, 5.74) is 3.75. The second kappa shape index (κ2) is 7.77. The van der Waals surface area contributed by atoms with Gasteiger partial charge in [-0.1, -0.05) is 0 Å². The van der Waals surface area contributed by atoms with Gasteiger partial charge in [0.15, 0.2) is 5.65 Å². The van der Waals surface area contributed by atoms with Crippen molar-refractivity contribution in [3.63, 3.8) is 0 Å². The first-order valence-electron chi connectivity index (χ1n) is 8.34. The molecule has 0 aliphatic rings. The molecule has 0 bridgehead atoms. The van der Waals surface area contributed by atoms with Crippen molar-refractivity contribution in [3.05, 3.63) is 65.1 Å². The highest BCUT2D eigenvalue weighted by atomic mass is 16.5. The number of hydrogen-bond acceptors (Lipinski definition) is 5. The molecule has 3 aromatic rings. The van der Waals surface area contributed by atoms with Crippen LogP contribution >= 0.6 is 0 Å². The van der Waals surface area contributed by atoms with Crippen LogP contribution < -0.4 is 5.32 Å². The number of esters is 1. The molecule has 0 saturated carbocycles. The van der Waals surface area contributed by atoms with Crippen LogP contribution in [0, 0.1) is 6.92 Å². The fourth-order valence-electron chi connectivity index (χ4n) is 2.64. The van der Waals surface area contributed by atoms with Gasteiger partial charge in [-0.05, 0) is 49.6 Å². The first kappa shape index (κ1) is 17.6. The molecule has 134 valence electrons. The molecule has 0 saturated heterocycles. The number of fused-ring (bicyclic) bond motifs is 1. The molecule has 0 unspecified atom stereocenters. The molecule has 1 amide bonds. The number of hydrogen-bond donors (Lipinski definition) is 1. The van der Waals surface area contributed by atoms with Crippen molar-refractivity contribution in [2.24, 2.45) is 0 Å². The minimum Gasteiger partial charge on any atom is -0.465 e. The van der Waals surface area contributed by atoms with E-state index in [2.05, 4.69) is 20.1 Å². The summed E-state index contributed by atoms with van der Waals surface area (Å²) in [5, 5.41) is 7.22. The van der Waals surface area contributed by atoms with Gasteiger partial charge in [0.1, 0.15) is 0 Å². The Morgan fingerprint density at radius 2 is 1.92 bits per heavy atom. The molecule has 0 fully saturated rings. The molecule has 26 heavy (non-hydrogen) atoms. The van der Waals surface area contributed by atoms with E-state index in [1.54, 1.807) is 28.8 Å². The SMILES string of the molecule is COC(=O)c1ccc(C(=O)NCCCc2cnc3cc(C)nn3c2)cc1. The van der Waals surface area contributed by atoms with Gasteiger partial charge in [-0.3, -0.25) is 4.79 Å². The van der Waals surface area contributed by atoms with Crippen LogP contribution in [-0.2, 0) is 11.2 Å². The van der Waals surface area contributed by atoms with Gasteiger partial charge in [0.05, 0.1) is 18.4 Å². The minimum atomic E-state index is -0.421. The summed E-state index contributed by atoms with van der Waals surface area (Å²) < 4.78 is 6.41. The van der Waals surface area contributed by atoms with Gasteiger partial charge in [-0.25, -0.2) is 14.3 Å². The van der Waals surface area contributed by atoms with Gasteiger partial charge < -0.3 is 10.1 Å². The quantitative estimate of drug-likeness (QED) is 0.543. The standard InChI is InChI=1S/C19H20N4O3/c1-13-10-17-21-11-14(12-23(17)22-13)4-3-9-20-18(24)15-5-7-16(8-6-15)19(25)26-2/h5-8,10-12H,3-4,9H2,1-2H3,(H,20,24). The lowest BCUT2D eigenvalue weighted by atomic mass is 10.1. The summed E-state index contributed by atoms with van der Waals surface area (Å²) in [4.78, 5) is 27.9. The number of carbonyl (C=O) groups is 2. The molecule has 0 aliphatic heterocycles. The Morgan fingerprint density at radius 1 is 1.19 bits per heavy atom. The predicted octanol–water partition coefficient (Wildman–Crippen LogP) is 2.19. The summed E-state index contributed by atoms with van der Waals surface area (Å²) in [7, 11) is 1.32. The lowest BCUT2D eigenvalue weighted by Gasteiger charge is -2.06. The maximum Gasteiger partial charge on any atom is 0.337 e. The maximum atomic E-state index is 12.1. The Morgan fingerprint density at radius 3 is 2.65 bits per heavy atom. The number of nitrogens with zero attached hydrogens (tertiary/aromatic N) is 3. The number of nitrogens with one attached hydrogen (secondary N) is 1. The molecule has 7 heteroatoms. The molecule has 0 spiro atoms. The molecular weight excluding hydrogens is 332 g/mol. The summed E-state index contributed by atoms with van der Waals surface area (Å²) in [6.07, 6.45) is 5.38. The Balaban J connectivity index is 1.49. The van der Waals surface area contributed by atoms with Crippen LogP contribution in [-0.4, -0.2) is 40.1 Å². The number of aryl methyl sites for hydroxylation is 2. The molecule has 1 N–H and O–H groups in total. The normalized spacial score (nSPS) is 10.7. The van der Waals surface area contributed by atoms with Crippen LogP contribution in [0.3, 0.4) is 0 Å². The second-order valence-corrected chi connectivity index (χ2v) is 5.98. The summed E-state index contributed by atoms with van der Waals surface area (Å²) >= 11 is 0. The van der Waals surface area contributed by atoms with E-state index in [0.717, 1.165) is 29.7 Å². The molecule has 0 aliphatic carbocycles. The van der Waals surface area contributed by atoms with Gasteiger partial charge >= 0.3 is 5.97 Å². The van der Waals surface area contributed by atoms with Crippen molar-refractivity contribution in [1.82, 2.24) is 19.9 Å². The van der Waals surface area contributed by atoms with Gasteiger partial charge in [0.2, 0.25) is 0 Å². The van der Waals surface area contributed by atoms with E-state index in [4.69, 9.17) is 0 Å². The van der Waals surface area contributed by atoms with E-state index in [-0.39, 0.29) is 5.91 Å². The summed E-state index contributed by atoms with van der Waals surface area (Å²) in [5.74, 6) is -0.590. The number of aromatic nitrogens is 3. The molecule has 0 radical (unpaired) electrons. The maximum absolute atomic E-state index is 12.1. The highest BCUT2D eigenvalue weighted by Gasteiger charge is 2.08. The van der Waals surface area contributed by atoms with Gasteiger partial charge in [-0.2, -0.15) is 5.10 Å². The van der Waals surface area contributed by atoms with E-state index in [1.165, 1.54) is 7.11 Å². The molecule has 2 aromatic heterocycles. The number of carbonyl (C=O) groups excluding carboxylic acids is 2. The van der Waals surface area contributed by atoms with Crippen LogP contribution in [0.25, 0.3) is 5.65 Å². The van der Waals surface area contributed by atoms with E-state index in [9.17, 15) is 9.59 Å². The summed E-state index contributed by atoms with van der Waals surface area (Å²) in [6.45, 7) is 2.48. The number of benzene rings is 1. The average Bonchev–Trinajstić information content (AvgIpc) is 3.03. The van der Waals surface area contributed by atoms with Gasteiger partial charge in [0.25, 0.3) is 5.91 Å². The molecule has 2 heterocycles. The minimum absolute atomic E-state index is 0.169. The number of ether oxygens (including phenoxy) is 1. The highest BCUT2D eigenvalue weighted by Crippen LogP contribution is 2.08. The monoisotopic (exact) mass is 352 g/mol. The average molecular weight is 352 g/mol. The Bertz CT molecular complexity index is 932. The predicted molar refractivity (Wildman–Crippen MR) is 96.2 cm³/mol. The number of methoxy groups -OCH3 is 1. The van der Waals surface area contributed by atoms with E-state index >= 15 is 0 Å². The Kier molecular flexibility index (Phi) is 5.26. The lowest BCUT2D eigenvalue weighted by Crippen LogP contribution is -2.24. The van der Waals surface area contributed by atoms with E-state index < -0.39 is 5.97 Å². The highest BCUT2D eigenvalue weighted by molar-refractivity contribution is 5.96. The van der Waals surface area contributed by atoms with Crippen LogP contribution in [0.2, 0.25) is 0 Å². The molecule has 0 atom stereocenters. The Labute approximate surface area is 151 Å². The Hall–Kier alpha value is -3.22. The van der Waals surface area contributed by atoms with Gasteiger partial charge in [-0.15, -0.1) is 0 Å². The third kappa shape index (κ3) is 4.05. The topological polar surface area (TPSA) is 85.6 Å². The fraction of sp³-hybridized carbons (Fsp3) is 0.263. The van der Waals surface area contributed by atoms with Crippen LogP contribution in [0.1, 0.15) is 38.4 Å². The van der Waals surface area contributed by atoms with Crippen molar-refractivity contribution < 1.29 is 14.3 Å². The smallest absolute Gasteiger partial charge is 0.337 e. The molecular formula is C19H20N4O3. The number of rotatable bonds is 6. The van der Waals surface area contributed by atoms with Crippen molar-refractivity contribution >= 4 is 17.5 Å². The van der Waals surface area contributed by atoms with Crippen LogP contribution in [0.15, 0.2) is 42.7 Å². The van der Waals surface area contributed by atoms with E-state index in [0.29, 0.717) is 17.7 Å². The van der Waals surface area contributed by atoms with Crippen molar-refractivity contribution in [2.75, 3.05) is 13.7 Å².